The number of pyridine rings is 1. The van der Waals surface area contributed by atoms with Gasteiger partial charge in [-0.15, -0.1) is 0 Å². The maximum atomic E-state index is 13.0. The molecule has 2 aliphatic rings. The number of rotatable bonds is 9. The first kappa shape index (κ1) is 30.5. The zero-order valence-corrected chi connectivity index (χ0v) is 24.3. The Hall–Kier alpha value is -3.45. The summed E-state index contributed by atoms with van der Waals surface area (Å²) >= 11 is 6.06. The second-order valence-electron chi connectivity index (χ2n) is 10.3. The summed E-state index contributed by atoms with van der Waals surface area (Å²) in [6.45, 7) is 2.89. The number of carbonyl (C=O) groups excluding carboxylic acids is 3. The van der Waals surface area contributed by atoms with Crippen molar-refractivity contribution < 1.29 is 28.6 Å². The van der Waals surface area contributed by atoms with Crippen LogP contribution in [0.5, 0.6) is 5.88 Å². The Morgan fingerprint density at radius 2 is 1.88 bits per heavy atom. The Labute approximate surface area is 244 Å². The highest BCUT2D eigenvalue weighted by Gasteiger charge is 2.32. The van der Waals surface area contributed by atoms with E-state index in [1.165, 1.54) is 13.2 Å². The van der Waals surface area contributed by atoms with Gasteiger partial charge in [-0.1, -0.05) is 11.6 Å². The van der Waals surface area contributed by atoms with Gasteiger partial charge in [0.05, 0.1) is 36.4 Å². The second kappa shape index (κ2) is 13.9. The standard InChI is InChI=1S/C28H37ClN6O6/c1-34-11-4-5-19(14-34)41-28(38)17-6-8-18(9-7-17)31-24(36)16-35-12-10-22(23(15-35)39-2)32-26(37)20-13-21(29)25(30)33-27(20)40-3/h6-9,13,19,22-23H,4-5,10-12,14-16H2,1-3H3,(H2,30,33)(H,31,36)(H,32,37)/t19?,22-,23+/m1/s1. The maximum absolute atomic E-state index is 13.0. The van der Waals surface area contributed by atoms with E-state index in [0.29, 0.717) is 30.8 Å². The summed E-state index contributed by atoms with van der Waals surface area (Å²) in [6.07, 6.45) is 1.97. The maximum Gasteiger partial charge on any atom is 0.338 e. The first-order chi connectivity index (χ1) is 19.7. The minimum absolute atomic E-state index is 0.0720. The number of likely N-dealkylation sites (N-methyl/N-ethyl adjacent to an activating group) is 1. The topological polar surface area (TPSA) is 148 Å². The number of piperidine rings is 2. The van der Waals surface area contributed by atoms with E-state index >= 15 is 0 Å². The Kier molecular flexibility index (Phi) is 10.4. The van der Waals surface area contributed by atoms with Crippen LogP contribution in [0.25, 0.3) is 0 Å². The molecule has 41 heavy (non-hydrogen) atoms. The van der Waals surface area contributed by atoms with Gasteiger partial charge in [0, 0.05) is 32.4 Å². The van der Waals surface area contributed by atoms with Gasteiger partial charge in [-0.3, -0.25) is 14.5 Å². The average molecular weight is 589 g/mol. The van der Waals surface area contributed by atoms with Gasteiger partial charge >= 0.3 is 5.97 Å². The number of anilines is 2. The minimum Gasteiger partial charge on any atom is -0.480 e. The van der Waals surface area contributed by atoms with Crippen molar-refractivity contribution in [3.63, 3.8) is 0 Å². The van der Waals surface area contributed by atoms with Crippen LogP contribution in [0.3, 0.4) is 0 Å². The lowest BCUT2D eigenvalue weighted by Crippen LogP contribution is -2.55. The summed E-state index contributed by atoms with van der Waals surface area (Å²) in [6, 6.07) is 7.80. The number of halogens is 1. The highest BCUT2D eigenvalue weighted by Crippen LogP contribution is 2.26. The molecule has 4 rings (SSSR count). The number of nitrogen functional groups attached to an aromatic ring is 1. The number of likely N-dealkylation sites (tertiary alicyclic amines) is 2. The van der Waals surface area contributed by atoms with Crippen LogP contribution < -0.4 is 21.1 Å². The molecule has 3 heterocycles. The molecule has 0 bridgehead atoms. The Bertz CT molecular complexity index is 1250. The van der Waals surface area contributed by atoms with E-state index in [0.717, 1.165) is 25.9 Å². The lowest BCUT2D eigenvalue weighted by molar-refractivity contribution is -0.118. The predicted octanol–water partition coefficient (Wildman–Crippen LogP) is 2.03. The summed E-state index contributed by atoms with van der Waals surface area (Å²) in [7, 11) is 4.98. The second-order valence-corrected chi connectivity index (χ2v) is 10.8. The van der Waals surface area contributed by atoms with E-state index in [1.54, 1.807) is 31.4 Å². The van der Waals surface area contributed by atoms with Crippen LogP contribution in [0, 0.1) is 0 Å². The number of ether oxygens (including phenoxy) is 3. The van der Waals surface area contributed by atoms with Crippen LogP contribution in [0.4, 0.5) is 11.5 Å². The molecule has 2 aromatic rings. The van der Waals surface area contributed by atoms with Crippen molar-refractivity contribution in [3.8, 4) is 5.88 Å². The van der Waals surface area contributed by atoms with Gasteiger partial charge in [0.15, 0.2) is 0 Å². The molecule has 1 unspecified atom stereocenters. The first-order valence-corrected chi connectivity index (χ1v) is 13.9. The van der Waals surface area contributed by atoms with Crippen LogP contribution in [0.1, 0.15) is 40.0 Å². The molecule has 0 radical (unpaired) electrons. The van der Waals surface area contributed by atoms with Crippen LogP contribution in [-0.4, -0.2) is 105 Å². The normalized spacial score (nSPS) is 21.6. The highest BCUT2D eigenvalue weighted by atomic mass is 35.5. The van der Waals surface area contributed by atoms with Crippen molar-refractivity contribution >= 4 is 40.9 Å². The number of amides is 2. The van der Waals surface area contributed by atoms with Gasteiger partial charge < -0.3 is 35.5 Å². The molecule has 1 aromatic heterocycles. The molecule has 0 spiro atoms. The van der Waals surface area contributed by atoms with E-state index in [9.17, 15) is 14.4 Å². The molecule has 0 aliphatic carbocycles. The summed E-state index contributed by atoms with van der Waals surface area (Å²) in [5.74, 6) is -0.821. The van der Waals surface area contributed by atoms with E-state index in [4.69, 9.17) is 31.5 Å². The molecule has 2 fully saturated rings. The van der Waals surface area contributed by atoms with E-state index in [-0.39, 0.29) is 59.0 Å². The fraction of sp³-hybridized carbons (Fsp3) is 0.500. The Morgan fingerprint density at radius 1 is 1.12 bits per heavy atom. The Balaban J connectivity index is 1.26. The molecule has 3 atom stereocenters. The number of methoxy groups -OCH3 is 2. The molecular formula is C28H37ClN6O6. The van der Waals surface area contributed by atoms with Gasteiger partial charge in [-0.25, -0.2) is 4.79 Å². The molecule has 222 valence electrons. The van der Waals surface area contributed by atoms with Crippen molar-refractivity contribution in [3.05, 3.63) is 46.5 Å². The fourth-order valence-corrected chi connectivity index (χ4v) is 5.26. The van der Waals surface area contributed by atoms with E-state index < -0.39 is 5.91 Å². The van der Waals surface area contributed by atoms with Crippen molar-refractivity contribution in [1.82, 2.24) is 20.1 Å². The van der Waals surface area contributed by atoms with E-state index in [2.05, 4.69) is 20.5 Å². The molecular weight excluding hydrogens is 552 g/mol. The van der Waals surface area contributed by atoms with Crippen molar-refractivity contribution in [2.45, 2.75) is 37.5 Å². The quantitative estimate of drug-likeness (QED) is 0.372. The molecule has 4 N–H and O–H groups in total. The van der Waals surface area contributed by atoms with Gasteiger partial charge in [-0.2, -0.15) is 4.98 Å². The minimum atomic E-state index is -0.409. The highest BCUT2D eigenvalue weighted by molar-refractivity contribution is 6.33. The van der Waals surface area contributed by atoms with E-state index in [1.807, 2.05) is 11.9 Å². The lowest BCUT2D eigenvalue weighted by Gasteiger charge is -2.37. The molecule has 0 saturated carbocycles. The lowest BCUT2D eigenvalue weighted by atomic mass is 10.0. The van der Waals surface area contributed by atoms with Gasteiger partial charge in [0.1, 0.15) is 17.5 Å². The van der Waals surface area contributed by atoms with Gasteiger partial charge in [0.2, 0.25) is 11.8 Å². The average Bonchev–Trinajstić information content (AvgIpc) is 2.95. The van der Waals surface area contributed by atoms with Crippen LogP contribution in [-0.2, 0) is 14.3 Å². The largest absolute Gasteiger partial charge is 0.480 e. The Morgan fingerprint density at radius 3 is 2.56 bits per heavy atom. The summed E-state index contributed by atoms with van der Waals surface area (Å²) in [5, 5.41) is 5.99. The number of nitrogens with one attached hydrogen (secondary N) is 2. The van der Waals surface area contributed by atoms with Crippen molar-refractivity contribution in [1.29, 1.82) is 0 Å². The number of benzene rings is 1. The van der Waals surface area contributed by atoms with Crippen LogP contribution >= 0.6 is 11.6 Å². The first-order valence-electron chi connectivity index (χ1n) is 13.5. The molecule has 2 aliphatic heterocycles. The van der Waals surface area contributed by atoms with Crippen LogP contribution in [0.2, 0.25) is 5.02 Å². The summed E-state index contributed by atoms with van der Waals surface area (Å²) in [5.41, 5.74) is 6.91. The number of aromatic nitrogens is 1. The number of nitrogens with zero attached hydrogens (tertiary/aromatic N) is 3. The number of nitrogens with two attached hydrogens (primary N) is 1. The zero-order valence-electron chi connectivity index (χ0n) is 23.5. The summed E-state index contributed by atoms with van der Waals surface area (Å²) in [4.78, 5) is 46.4. The molecule has 2 saturated heterocycles. The fourth-order valence-electron chi connectivity index (χ4n) is 5.11. The molecule has 13 heteroatoms. The third-order valence-electron chi connectivity index (χ3n) is 7.30. The molecule has 12 nitrogen and oxygen atoms in total. The SMILES string of the molecule is COc1nc(N)c(Cl)cc1C(=O)N[C@@H]1CCN(CC(=O)Nc2ccc(C(=O)OC3CCCN(C)C3)cc2)C[C@@H]1OC. The number of esters is 1. The summed E-state index contributed by atoms with van der Waals surface area (Å²) < 4.78 is 16.5. The monoisotopic (exact) mass is 588 g/mol. The molecule has 2 amide bonds. The number of hydrogen-bond acceptors (Lipinski definition) is 10. The number of hydrogen-bond donors (Lipinski definition) is 3. The number of carbonyl (C=O) groups is 3. The third kappa shape index (κ3) is 8.07. The van der Waals surface area contributed by atoms with Crippen molar-refractivity contribution in [2.75, 3.05) is 65.0 Å². The van der Waals surface area contributed by atoms with Gasteiger partial charge in [-0.05, 0) is 63.2 Å². The van der Waals surface area contributed by atoms with Crippen LogP contribution in [0.15, 0.2) is 30.3 Å². The third-order valence-corrected chi connectivity index (χ3v) is 7.60. The molecule has 1 aromatic carbocycles. The van der Waals surface area contributed by atoms with Gasteiger partial charge in [0.25, 0.3) is 5.91 Å². The predicted molar refractivity (Wildman–Crippen MR) is 154 cm³/mol. The zero-order chi connectivity index (χ0) is 29.5. The van der Waals surface area contributed by atoms with Crippen molar-refractivity contribution in [2.24, 2.45) is 0 Å². The smallest absolute Gasteiger partial charge is 0.338 e.